The summed E-state index contributed by atoms with van der Waals surface area (Å²) >= 11 is 0. The Hall–Kier alpha value is -4.09. The van der Waals surface area contributed by atoms with Crippen molar-refractivity contribution in [1.82, 2.24) is 30.2 Å². The van der Waals surface area contributed by atoms with Gasteiger partial charge in [0.05, 0.1) is 17.4 Å². The van der Waals surface area contributed by atoms with Crippen LogP contribution < -0.4 is 21.3 Å². The predicted octanol–water partition coefficient (Wildman–Crippen LogP) is 1.37. The molecule has 0 aromatic carbocycles. The first-order valence-electron chi connectivity index (χ1n) is 10.2. The molecule has 0 bridgehead atoms. The van der Waals surface area contributed by atoms with Crippen molar-refractivity contribution < 1.29 is 9.59 Å². The number of anilines is 4. The number of carbonyl (C=O) groups excluding carboxylic acids is 2. The number of rotatable bonds is 5. The Morgan fingerprint density at radius 2 is 1.97 bits per heavy atom. The Bertz CT molecular complexity index is 1250. The van der Waals surface area contributed by atoms with E-state index in [9.17, 15) is 9.59 Å². The summed E-state index contributed by atoms with van der Waals surface area (Å²) in [7, 11) is 3.72. The van der Waals surface area contributed by atoms with E-state index in [1.54, 1.807) is 18.0 Å². The molecule has 2 amide bonds. The second kappa shape index (κ2) is 7.25. The molecule has 1 atom stereocenters. The zero-order valence-corrected chi connectivity index (χ0v) is 17.8. The fourth-order valence-corrected chi connectivity index (χ4v) is 3.80. The molecule has 0 spiro atoms. The quantitative estimate of drug-likeness (QED) is 0.539. The van der Waals surface area contributed by atoms with E-state index in [4.69, 9.17) is 5.73 Å². The maximum atomic E-state index is 12.1. The Morgan fingerprint density at radius 3 is 2.69 bits per heavy atom. The lowest BCUT2D eigenvalue weighted by atomic mass is 9.99. The standard InChI is InChI=1S/C20H22N10O2/c1-9-14-15(28-30(3)27-14)11-6-7-22-19(17(11)29(9)2)23-12-8-13(24-20(32)10-4-5-10)25-26-16(12)18(21)31/h6-10H,4-5H2,1-3H3,(H2,21,31)(H2,22,23,24,25,32)/t9-/m0/s1. The minimum absolute atomic E-state index is 0.00292. The number of nitrogens with two attached hydrogens (primary N) is 1. The van der Waals surface area contributed by atoms with Crippen LogP contribution in [0, 0.1) is 5.92 Å². The molecule has 0 radical (unpaired) electrons. The van der Waals surface area contributed by atoms with Gasteiger partial charge in [-0.3, -0.25) is 9.59 Å². The molecule has 1 fully saturated rings. The highest BCUT2D eigenvalue weighted by Gasteiger charge is 2.33. The summed E-state index contributed by atoms with van der Waals surface area (Å²) in [6.45, 7) is 2.03. The van der Waals surface area contributed by atoms with Gasteiger partial charge in [-0.25, -0.2) is 4.98 Å². The monoisotopic (exact) mass is 434 g/mol. The van der Waals surface area contributed by atoms with Gasteiger partial charge >= 0.3 is 0 Å². The Morgan fingerprint density at radius 1 is 1.19 bits per heavy atom. The van der Waals surface area contributed by atoms with Gasteiger partial charge in [-0.2, -0.15) is 15.0 Å². The van der Waals surface area contributed by atoms with E-state index in [-0.39, 0.29) is 29.4 Å². The number of carbonyl (C=O) groups is 2. The van der Waals surface area contributed by atoms with Crippen molar-refractivity contribution in [2.24, 2.45) is 18.7 Å². The molecule has 1 aliphatic heterocycles. The number of nitrogens with one attached hydrogen (secondary N) is 2. The van der Waals surface area contributed by atoms with E-state index in [2.05, 4.69) is 36.0 Å². The average molecular weight is 434 g/mol. The van der Waals surface area contributed by atoms with E-state index < -0.39 is 5.91 Å². The average Bonchev–Trinajstić information content (AvgIpc) is 3.53. The van der Waals surface area contributed by atoms with Gasteiger partial charge in [0.15, 0.2) is 17.3 Å². The summed E-state index contributed by atoms with van der Waals surface area (Å²) in [6, 6.07) is 3.36. The number of nitrogens with zero attached hydrogens (tertiary/aromatic N) is 7. The number of pyridine rings is 1. The maximum absolute atomic E-state index is 12.1. The second-order valence-electron chi connectivity index (χ2n) is 8.01. The Kier molecular flexibility index (Phi) is 4.50. The minimum atomic E-state index is -0.747. The van der Waals surface area contributed by atoms with Crippen LogP contribution in [0.4, 0.5) is 23.0 Å². The molecule has 1 aliphatic carbocycles. The molecule has 5 rings (SSSR count). The van der Waals surface area contributed by atoms with Gasteiger partial charge in [-0.1, -0.05) is 0 Å². The molecular formula is C20H22N10O2. The zero-order valence-electron chi connectivity index (χ0n) is 17.8. The lowest BCUT2D eigenvalue weighted by Crippen LogP contribution is -2.27. The first kappa shape index (κ1) is 19.8. The molecule has 3 aromatic rings. The number of aryl methyl sites for hydroxylation is 1. The minimum Gasteiger partial charge on any atom is -0.364 e. The van der Waals surface area contributed by atoms with Gasteiger partial charge in [-0.05, 0) is 25.8 Å². The fraction of sp³-hybridized carbons (Fsp3) is 0.350. The number of amides is 2. The molecule has 0 unspecified atom stereocenters. The number of primary amides is 1. The normalized spacial score (nSPS) is 16.8. The lowest BCUT2D eigenvalue weighted by Gasteiger charge is -2.33. The molecule has 12 nitrogen and oxygen atoms in total. The number of fused-ring (bicyclic) bond motifs is 3. The predicted molar refractivity (Wildman–Crippen MR) is 116 cm³/mol. The van der Waals surface area contributed by atoms with E-state index in [1.807, 2.05) is 24.9 Å². The largest absolute Gasteiger partial charge is 0.364 e. The molecule has 3 aromatic heterocycles. The third-order valence-electron chi connectivity index (χ3n) is 5.73. The first-order chi connectivity index (χ1) is 15.3. The third kappa shape index (κ3) is 3.29. The smallest absolute Gasteiger partial charge is 0.271 e. The van der Waals surface area contributed by atoms with Crippen molar-refractivity contribution in [3.05, 3.63) is 29.7 Å². The van der Waals surface area contributed by atoms with Crippen molar-refractivity contribution >= 4 is 34.8 Å². The molecule has 0 saturated heterocycles. The fourth-order valence-electron chi connectivity index (χ4n) is 3.80. The molecule has 4 heterocycles. The van der Waals surface area contributed by atoms with Gasteiger partial charge in [-0.15, -0.1) is 10.2 Å². The lowest BCUT2D eigenvalue weighted by molar-refractivity contribution is -0.117. The Balaban J connectivity index is 1.56. The van der Waals surface area contributed by atoms with E-state index in [1.165, 1.54) is 6.07 Å². The van der Waals surface area contributed by atoms with Gasteiger partial charge in [0.1, 0.15) is 11.4 Å². The van der Waals surface area contributed by atoms with Crippen LogP contribution in [0.2, 0.25) is 0 Å². The van der Waals surface area contributed by atoms with Crippen molar-refractivity contribution in [1.29, 1.82) is 0 Å². The van der Waals surface area contributed by atoms with E-state index >= 15 is 0 Å². The summed E-state index contributed by atoms with van der Waals surface area (Å²) in [5, 5.41) is 22.8. The van der Waals surface area contributed by atoms with Crippen LogP contribution in [0.25, 0.3) is 11.3 Å². The summed E-state index contributed by atoms with van der Waals surface area (Å²) in [5.74, 6) is -0.137. The third-order valence-corrected chi connectivity index (χ3v) is 5.73. The summed E-state index contributed by atoms with van der Waals surface area (Å²) in [4.78, 5) is 32.2. The first-order valence-corrected chi connectivity index (χ1v) is 10.2. The SMILES string of the molecule is C[C@H]1c2nn(C)nc2-c2ccnc(Nc3cc(NC(=O)C4CC4)nnc3C(N)=O)c2N1C. The molecule has 1 saturated carbocycles. The van der Waals surface area contributed by atoms with Crippen LogP contribution in [0.5, 0.6) is 0 Å². The molecule has 32 heavy (non-hydrogen) atoms. The number of hydrogen-bond acceptors (Lipinski definition) is 9. The molecular weight excluding hydrogens is 412 g/mol. The zero-order chi connectivity index (χ0) is 22.6. The second-order valence-corrected chi connectivity index (χ2v) is 8.01. The summed E-state index contributed by atoms with van der Waals surface area (Å²) in [5.41, 5.74) is 9.05. The van der Waals surface area contributed by atoms with Crippen molar-refractivity contribution in [3.8, 4) is 11.3 Å². The highest BCUT2D eigenvalue weighted by atomic mass is 16.2. The van der Waals surface area contributed by atoms with E-state index in [0.717, 1.165) is 35.5 Å². The summed E-state index contributed by atoms with van der Waals surface area (Å²) in [6.07, 6.45) is 3.37. The molecule has 2 aliphatic rings. The van der Waals surface area contributed by atoms with Crippen LogP contribution >= 0.6 is 0 Å². The molecule has 12 heteroatoms. The van der Waals surface area contributed by atoms with Gasteiger partial charge in [0.2, 0.25) is 5.91 Å². The molecule has 164 valence electrons. The van der Waals surface area contributed by atoms with Gasteiger partial charge in [0, 0.05) is 37.8 Å². The molecule has 4 N–H and O–H groups in total. The number of hydrogen-bond donors (Lipinski definition) is 3. The van der Waals surface area contributed by atoms with Crippen molar-refractivity contribution in [2.75, 3.05) is 22.6 Å². The highest BCUT2D eigenvalue weighted by molar-refractivity contribution is 6.00. The summed E-state index contributed by atoms with van der Waals surface area (Å²) < 4.78 is 0. The van der Waals surface area contributed by atoms with Crippen LogP contribution in [-0.2, 0) is 11.8 Å². The van der Waals surface area contributed by atoms with Crippen molar-refractivity contribution in [2.45, 2.75) is 25.8 Å². The van der Waals surface area contributed by atoms with Crippen LogP contribution in [0.3, 0.4) is 0 Å². The van der Waals surface area contributed by atoms with Gasteiger partial charge < -0.3 is 21.3 Å². The number of aromatic nitrogens is 6. The van der Waals surface area contributed by atoms with Crippen LogP contribution in [0.1, 0.15) is 42.0 Å². The van der Waals surface area contributed by atoms with Crippen molar-refractivity contribution in [3.63, 3.8) is 0 Å². The topological polar surface area (TPSA) is 157 Å². The van der Waals surface area contributed by atoms with Crippen LogP contribution in [0.15, 0.2) is 18.3 Å². The Labute approximate surface area is 183 Å². The van der Waals surface area contributed by atoms with E-state index in [0.29, 0.717) is 11.5 Å². The highest BCUT2D eigenvalue weighted by Crippen LogP contribution is 2.45. The maximum Gasteiger partial charge on any atom is 0.271 e. The van der Waals surface area contributed by atoms with Gasteiger partial charge in [0.25, 0.3) is 5.91 Å². The van der Waals surface area contributed by atoms with Crippen LogP contribution in [-0.4, -0.2) is 49.0 Å².